The molecule has 0 aliphatic carbocycles. The molecule has 0 saturated carbocycles. The quantitative estimate of drug-likeness (QED) is 0.635. The first-order valence-electron chi connectivity index (χ1n) is 11.0. The smallest absolute Gasteiger partial charge is 0.259 e. The van der Waals surface area contributed by atoms with Crippen LogP contribution in [0.3, 0.4) is 0 Å². The molecular formula is C25H27N5O3. The molecule has 0 unspecified atom stereocenters. The molecule has 1 N–H and O–H groups in total. The minimum Gasteiger partial charge on any atom is -0.495 e. The van der Waals surface area contributed by atoms with Crippen LogP contribution in [0.15, 0.2) is 48.8 Å². The normalized spacial score (nSPS) is 15.7. The summed E-state index contributed by atoms with van der Waals surface area (Å²) in [4.78, 5) is 41.2. The number of piperidine rings is 1. The number of para-hydroxylation sites is 2. The number of ether oxygens (including phenoxy) is 1. The predicted molar refractivity (Wildman–Crippen MR) is 124 cm³/mol. The summed E-state index contributed by atoms with van der Waals surface area (Å²) < 4.78 is 5.30. The molecule has 1 saturated heterocycles. The first-order chi connectivity index (χ1) is 16.0. The van der Waals surface area contributed by atoms with Crippen molar-refractivity contribution in [3.05, 3.63) is 77.1 Å². The number of carbonyl (C=O) groups excluding carboxylic acids is 2. The fourth-order valence-electron chi connectivity index (χ4n) is 4.01. The maximum atomic E-state index is 13.2. The van der Waals surface area contributed by atoms with Gasteiger partial charge in [-0.3, -0.25) is 14.6 Å². The first-order valence-corrected chi connectivity index (χ1v) is 11.0. The number of carbonyl (C=O) groups is 2. The molecule has 0 radical (unpaired) electrons. The third kappa shape index (κ3) is 4.84. The van der Waals surface area contributed by atoms with Gasteiger partial charge in [0.05, 0.1) is 35.7 Å². The molecule has 1 aromatic carbocycles. The molecule has 8 nitrogen and oxygen atoms in total. The van der Waals surface area contributed by atoms with Crippen LogP contribution in [0.25, 0.3) is 0 Å². The summed E-state index contributed by atoms with van der Waals surface area (Å²) in [5.41, 5.74) is 2.92. The highest BCUT2D eigenvalue weighted by Crippen LogP contribution is 2.31. The third-order valence-electron chi connectivity index (χ3n) is 5.82. The zero-order chi connectivity index (χ0) is 23.4. The molecule has 1 fully saturated rings. The minimum absolute atomic E-state index is 0.0774. The molecule has 4 rings (SSSR count). The number of hydrogen-bond donors (Lipinski definition) is 1. The molecule has 1 atom stereocenters. The van der Waals surface area contributed by atoms with Gasteiger partial charge in [0.1, 0.15) is 5.75 Å². The Morgan fingerprint density at radius 3 is 2.61 bits per heavy atom. The van der Waals surface area contributed by atoms with Crippen molar-refractivity contribution in [3.63, 3.8) is 0 Å². The van der Waals surface area contributed by atoms with Gasteiger partial charge in [-0.1, -0.05) is 12.1 Å². The largest absolute Gasteiger partial charge is 0.495 e. The van der Waals surface area contributed by atoms with Crippen molar-refractivity contribution in [2.75, 3.05) is 19.0 Å². The van der Waals surface area contributed by atoms with Crippen molar-refractivity contribution < 1.29 is 14.3 Å². The molecule has 0 spiro atoms. The standard InChI is InChI=1S/C25H27N5O3/c1-16-11-12-18(14-26-16)25(32)30-13-7-6-9-21(30)23-27-15-19(17(2)28-23)24(31)29-20-8-4-5-10-22(20)33-3/h4-5,8,10-12,14-15,21H,6-7,9,13H2,1-3H3,(H,29,31)/t21-/m1/s1. The lowest BCUT2D eigenvalue weighted by Gasteiger charge is -2.35. The Labute approximate surface area is 193 Å². The second kappa shape index (κ2) is 9.77. The molecule has 2 amide bonds. The van der Waals surface area contributed by atoms with E-state index in [-0.39, 0.29) is 17.9 Å². The Balaban J connectivity index is 1.56. The number of nitrogens with one attached hydrogen (secondary N) is 1. The molecule has 3 heterocycles. The van der Waals surface area contributed by atoms with Gasteiger partial charge in [0.15, 0.2) is 5.82 Å². The summed E-state index contributed by atoms with van der Waals surface area (Å²) in [6, 6.07) is 10.6. The summed E-state index contributed by atoms with van der Waals surface area (Å²) in [5.74, 6) is 0.731. The predicted octanol–water partition coefficient (Wildman–Crippen LogP) is 4.12. The fourth-order valence-corrected chi connectivity index (χ4v) is 4.01. The number of nitrogens with zero attached hydrogens (tertiary/aromatic N) is 4. The molecule has 8 heteroatoms. The number of pyridine rings is 1. The van der Waals surface area contributed by atoms with Gasteiger partial charge < -0.3 is 15.0 Å². The Hall–Kier alpha value is -3.81. The molecule has 33 heavy (non-hydrogen) atoms. The highest BCUT2D eigenvalue weighted by Gasteiger charge is 2.31. The topological polar surface area (TPSA) is 97.3 Å². The number of likely N-dealkylation sites (tertiary alicyclic amines) is 1. The van der Waals surface area contributed by atoms with Crippen molar-refractivity contribution in [3.8, 4) is 5.75 Å². The van der Waals surface area contributed by atoms with Crippen LogP contribution in [-0.4, -0.2) is 45.3 Å². The summed E-state index contributed by atoms with van der Waals surface area (Å²) in [7, 11) is 1.55. The summed E-state index contributed by atoms with van der Waals surface area (Å²) in [6.07, 6.45) is 5.84. The van der Waals surface area contributed by atoms with Crippen molar-refractivity contribution in [2.24, 2.45) is 0 Å². The highest BCUT2D eigenvalue weighted by atomic mass is 16.5. The number of aromatic nitrogens is 3. The van der Waals surface area contributed by atoms with E-state index in [0.717, 1.165) is 25.0 Å². The Kier molecular flexibility index (Phi) is 6.63. The van der Waals surface area contributed by atoms with E-state index in [1.54, 1.807) is 38.4 Å². The van der Waals surface area contributed by atoms with Crippen LogP contribution in [0.5, 0.6) is 5.75 Å². The van der Waals surface area contributed by atoms with E-state index >= 15 is 0 Å². The van der Waals surface area contributed by atoms with E-state index in [2.05, 4.69) is 20.3 Å². The first kappa shape index (κ1) is 22.4. The Morgan fingerprint density at radius 2 is 1.88 bits per heavy atom. The van der Waals surface area contributed by atoms with E-state index in [9.17, 15) is 9.59 Å². The van der Waals surface area contributed by atoms with Gasteiger partial charge in [0.25, 0.3) is 11.8 Å². The van der Waals surface area contributed by atoms with Gasteiger partial charge >= 0.3 is 0 Å². The lowest BCUT2D eigenvalue weighted by molar-refractivity contribution is 0.0598. The third-order valence-corrected chi connectivity index (χ3v) is 5.82. The molecule has 3 aromatic rings. The van der Waals surface area contributed by atoms with Crippen molar-refractivity contribution in [1.29, 1.82) is 0 Å². The van der Waals surface area contributed by atoms with E-state index in [4.69, 9.17) is 4.74 Å². The van der Waals surface area contributed by atoms with E-state index in [1.807, 2.05) is 30.0 Å². The van der Waals surface area contributed by atoms with Gasteiger partial charge in [0, 0.05) is 24.6 Å². The van der Waals surface area contributed by atoms with Crippen LogP contribution >= 0.6 is 0 Å². The van der Waals surface area contributed by atoms with Crippen LogP contribution in [-0.2, 0) is 0 Å². The summed E-state index contributed by atoms with van der Waals surface area (Å²) >= 11 is 0. The van der Waals surface area contributed by atoms with Crippen molar-refractivity contribution in [2.45, 2.75) is 39.2 Å². The maximum absolute atomic E-state index is 13.2. The molecule has 170 valence electrons. The van der Waals surface area contributed by atoms with Gasteiger partial charge in [-0.2, -0.15) is 0 Å². The van der Waals surface area contributed by atoms with Crippen LogP contribution in [0, 0.1) is 13.8 Å². The van der Waals surface area contributed by atoms with Crippen LogP contribution < -0.4 is 10.1 Å². The second-order valence-electron chi connectivity index (χ2n) is 8.08. The molecular weight excluding hydrogens is 418 g/mol. The SMILES string of the molecule is COc1ccccc1NC(=O)c1cnc([C@H]2CCCCN2C(=O)c2ccc(C)nc2)nc1C. The number of aryl methyl sites for hydroxylation is 2. The zero-order valence-electron chi connectivity index (χ0n) is 19.0. The zero-order valence-corrected chi connectivity index (χ0v) is 19.0. The van der Waals surface area contributed by atoms with E-state index in [1.165, 1.54) is 6.20 Å². The Morgan fingerprint density at radius 1 is 1.06 bits per heavy atom. The Bertz CT molecular complexity index is 1160. The number of amides is 2. The van der Waals surface area contributed by atoms with Crippen molar-refractivity contribution in [1.82, 2.24) is 19.9 Å². The molecule has 2 aromatic heterocycles. The highest BCUT2D eigenvalue weighted by molar-refractivity contribution is 6.05. The maximum Gasteiger partial charge on any atom is 0.259 e. The fraction of sp³-hybridized carbons (Fsp3) is 0.320. The van der Waals surface area contributed by atoms with Gasteiger partial charge in [-0.15, -0.1) is 0 Å². The monoisotopic (exact) mass is 445 g/mol. The minimum atomic E-state index is -0.314. The molecule has 1 aliphatic rings. The molecule has 1 aliphatic heterocycles. The van der Waals surface area contributed by atoms with Crippen LogP contribution in [0.4, 0.5) is 5.69 Å². The van der Waals surface area contributed by atoms with Crippen LogP contribution in [0.1, 0.15) is 63.2 Å². The number of benzene rings is 1. The van der Waals surface area contributed by atoms with Gasteiger partial charge in [0.2, 0.25) is 0 Å². The lowest BCUT2D eigenvalue weighted by Crippen LogP contribution is -2.39. The van der Waals surface area contributed by atoms with E-state index in [0.29, 0.717) is 40.6 Å². The van der Waals surface area contributed by atoms with E-state index < -0.39 is 0 Å². The molecule has 0 bridgehead atoms. The van der Waals surface area contributed by atoms with Gasteiger partial charge in [-0.05, 0) is 57.4 Å². The average molecular weight is 446 g/mol. The second-order valence-corrected chi connectivity index (χ2v) is 8.08. The van der Waals surface area contributed by atoms with Gasteiger partial charge in [-0.25, -0.2) is 9.97 Å². The van der Waals surface area contributed by atoms with Crippen molar-refractivity contribution >= 4 is 17.5 Å². The lowest BCUT2D eigenvalue weighted by atomic mass is 10.00. The van der Waals surface area contributed by atoms with Crippen LogP contribution in [0.2, 0.25) is 0 Å². The summed E-state index contributed by atoms with van der Waals surface area (Å²) in [5, 5.41) is 2.86. The average Bonchev–Trinajstić information content (AvgIpc) is 2.84. The number of hydrogen-bond acceptors (Lipinski definition) is 6. The number of anilines is 1. The number of rotatable bonds is 5. The summed E-state index contributed by atoms with van der Waals surface area (Å²) in [6.45, 7) is 4.30. The number of methoxy groups -OCH3 is 1.